The van der Waals surface area contributed by atoms with Gasteiger partial charge in [0.1, 0.15) is 11.6 Å². The van der Waals surface area contributed by atoms with Gasteiger partial charge in [0.15, 0.2) is 5.82 Å². The van der Waals surface area contributed by atoms with Crippen molar-refractivity contribution in [2.75, 3.05) is 17.2 Å². The monoisotopic (exact) mass is 299 g/mol. The Bertz CT molecular complexity index is 590. The Morgan fingerprint density at radius 2 is 1.89 bits per heavy atom. The van der Waals surface area contributed by atoms with Crippen LogP contribution in [0.4, 0.5) is 21.7 Å². The number of aromatic nitrogens is 1. The number of anilines is 3. The number of halogens is 3. The SMILES string of the molecule is CCNc1nc(Nc2cccc(F)c2)c(Cl)cc1Cl. The van der Waals surface area contributed by atoms with Gasteiger partial charge in [-0.05, 0) is 31.2 Å². The van der Waals surface area contributed by atoms with Crippen molar-refractivity contribution in [1.29, 1.82) is 0 Å². The molecule has 0 aliphatic heterocycles. The van der Waals surface area contributed by atoms with Gasteiger partial charge in [0.05, 0.1) is 10.0 Å². The maximum Gasteiger partial charge on any atom is 0.151 e. The van der Waals surface area contributed by atoms with Crippen LogP contribution in [0.25, 0.3) is 0 Å². The van der Waals surface area contributed by atoms with E-state index in [4.69, 9.17) is 23.2 Å². The molecule has 1 aromatic carbocycles. The molecular formula is C13H12Cl2FN3. The number of rotatable bonds is 4. The molecule has 19 heavy (non-hydrogen) atoms. The molecule has 1 heterocycles. The fourth-order valence-corrected chi connectivity index (χ4v) is 2.02. The summed E-state index contributed by atoms with van der Waals surface area (Å²) in [6.07, 6.45) is 0. The van der Waals surface area contributed by atoms with Crippen LogP contribution < -0.4 is 10.6 Å². The molecule has 0 atom stereocenters. The summed E-state index contributed by atoms with van der Waals surface area (Å²) in [7, 11) is 0. The van der Waals surface area contributed by atoms with Crippen molar-refractivity contribution in [2.45, 2.75) is 6.92 Å². The highest BCUT2D eigenvalue weighted by molar-refractivity contribution is 6.37. The van der Waals surface area contributed by atoms with Crippen LogP contribution >= 0.6 is 23.2 Å². The summed E-state index contributed by atoms with van der Waals surface area (Å²) in [5.41, 5.74) is 0.569. The van der Waals surface area contributed by atoms with Gasteiger partial charge in [0.2, 0.25) is 0 Å². The summed E-state index contributed by atoms with van der Waals surface area (Å²) in [4.78, 5) is 4.28. The normalized spacial score (nSPS) is 10.3. The second-order valence-corrected chi connectivity index (χ2v) is 4.63. The molecular weight excluding hydrogens is 288 g/mol. The summed E-state index contributed by atoms with van der Waals surface area (Å²) in [5, 5.41) is 6.79. The van der Waals surface area contributed by atoms with Crippen LogP contribution in [0.2, 0.25) is 10.0 Å². The first-order valence-corrected chi connectivity index (χ1v) is 6.48. The molecule has 0 fully saturated rings. The molecule has 2 rings (SSSR count). The molecule has 0 saturated carbocycles. The standard InChI is InChI=1S/C13H12Cl2FN3/c1-2-17-12-10(14)7-11(15)13(19-12)18-9-5-3-4-8(16)6-9/h3-7H,2H2,1H3,(H2,17,18,19). The van der Waals surface area contributed by atoms with E-state index in [2.05, 4.69) is 15.6 Å². The molecule has 0 spiro atoms. The molecule has 100 valence electrons. The van der Waals surface area contributed by atoms with E-state index in [0.717, 1.165) is 0 Å². The number of nitrogens with zero attached hydrogens (tertiary/aromatic N) is 1. The quantitative estimate of drug-likeness (QED) is 0.859. The number of benzene rings is 1. The lowest BCUT2D eigenvalue weighted by Crippen LogP contribution is -2.03. The average Bonchev–Trinajstić information content (AvgIpc) is 2.35. The zero-order chi connectivity index (χ0) is 13.8. The second-order valence-electron chi connectivity index (χ2n) is 3.81. The van der Waals surface area contributed by atoms with E-state index >= 15 is 0 Å². The topological polar surface area (TPSA) is 37.0 Å². The van der Waals surface area contributed by atoms with Gasteiger partial charge in [-0.1, -0.05) is 29.3 Å². The number of hydrogen-bond donors (Lipinski definition) is 2. The van der Waals surface area contributed by atoms with Crippen molar-refractivity contribution < 1.29 is 4.39 Å². The summed E-state index contributed by atoms with van der Waals surface area (Å²) < 4.78 is 13.1. The number of nitrogens with one attached hydrogen (secondary N) is 2. The number of hydrogen-bond acceptors (Lipinski definition) is 3. The lowest BCUT2D eigenvalue weighted by Gasteiger charge is -2.11. The lowest BCUT2D eigenvalue weighted by molar-refractivity contribution is 0.628. The highest BCUT2D eigenvalue weighted by Gasteiger charge is 2.09. The Labute approximate surface area is 120 Å². The van der Waals surface area contributed by atoms with Gasteiger partial charge in [-0.3, -0.25) is 0 Å². The lowest BCUT2D eigenvalue weighted by atomic mass is 10.3. The Balaban J connectivity index is 2.31. The van der Waals surface area contributed by atoms with Gasteiger partial charge in [0, 0.05) is 12.2 Å². The highest BCUT2D eigenvalue weighted by Crippen LogP contribution is 2.31. The fourth-order valence-electron chi connectivity index (χ4n) is 1.55. The van der Waals surface area contributed by atoms with Crippen LogP contribution in [0.3, 0.4) is 0 Å². The average molecular weight is 300 g/mol. The predicted octanol–water partition coefficient (Wildman–Crippen LogP) is 4.70. The van der Waals surface area contributed by atoms with Gasteiger partial charge >= 0.3 is 0 Å². The first kappa shape index (κ1) is 13.9. The molecule has 2 N–H and O–H groups in total. The van der Waals surface area contributed by atoms with E-state index in [1.165, 1.54) is 12.1 Å². The van der Waals surface area contributed by atoms with E-state index in [1.807, 2.05) is 6.92 Å². The Morgan fingerprint density at radius 3 is 2.58 bits per heavy atom. The van der Waals surface area contributed by atoms with Crippen LogP contribution in [0.1, 0.15) is 6.92 Å². The maximum atomic E-state index is 13.1. The van der Waals surface area contributed by atoms with Crippen LogP contribution in [-0.2, 0) is 0 Å². The van der Waals surface area contributed by atoms with Crippen LogP contribution in [0.5, 0.6) is 0 Å². The molecule has 0 amide bonds. The molecule has 2 aromatic rings. The van der Waals surface area contributed by atoms with Gasteiger partial charge in [0.25, 0.3) is 0 Å². The fraction of sp³-hybridized carbons (Fsp3) is 0.154. The minimum Gasteiger partial charge on any atom is -0.369 e. The third kappa shape index (κ3) is 3.49. The van der Waals surface area contributed by atoms with E-state index in [0.29, 0.717) is 33.9 Å². The van der Waals surface area contributed by atoms with E-state index in [1.54, 1.807) is 18.2 Å². The minimum absolute atomic E-state index is 0.331. The third-order valence-electron chi connectivity index (χ3n) is 2.36. The largest absolute Gasteiger partial charge is 0.369 e. The zero-order valence-electron chi connectivity index (χ0n) is 10.2. The van der Waals surface area contributed by atoms with Crippen LogP contribution in [0.15, 0.2) is 30.3 Å². The minimum atomic E-state index is -0.331. The first-order valence-electron chi connectivity index (χ1n) is 5.72. The smallest absolute Gasteiger partial charge is 0.151 e. The van der Waals surface area contributed by atoms with Crippen molar-refractivity contribution >= 4 is 40.5 Å². The summed E-state index contributed by atoms with van der Waals surface area (Å²) in [6, 6.07) is 7.65. The first-order chi connectivity index (χ1) is 9.10. The molecule has 6 heteroatoms. The molecule has 0 radical (unpaired) electrons. The maximum absolute atomic E-state index is 13.1. The van der Waals surface area contributed by atoms with Gasteiger partial charge in [-0.15, -0.1) is 0 Å². The van der Waals surface area contributed by atoms with E-state index in [9.17, 15) is 4.39 Å². The van der Waals surface area contributed by atoms with E-state index in [-0.39, 0.29) is 5.82 Å². The van der Waals surface area contributed by atoms with Gasteiger partial charge in [-0.25, -0.2) is 9.37 Å². The Hall–Kier alpha value is -1.52. The zero-order valence-corrected chi connectivity index (χ0v) is 11.7. The molecule has 0 aliphatic rings. The van der Waals surface area contributed by atoms with Crippen molar-refractivity contribution in [3.8, 4) is 0 Å². The molecule has 0 bridgehead atoms. The Morgan fingerprint density at radius 1 is 1.16 bits per heavy atom. The van der Waals surface area contributed by atoms with Gasteiger partial charge in [-0.2, -0.15) is 0 Å². The van der Waals surface area contributed by atoms with Crippen molar-refractivity contribution in [1.82, 2.24) is 4.98 Å². The van der Waals surface area contributed by atoms with Crippen molar-refractivity contribution in [3.05, 3.63) is 46.2 Å². The van der Waals surface area contributed by atoms with Gasteiger partial charge < -0.3 is 10.6 Å². The summed E-state index contributed by atoms with van der Waals surface area (Å²) in [6.45, 7) is 2.63. The molecule has 0 unspecified atom stereocenters. The van der Waals surface area contributed by atoms with E-state index < -0.39 is 0 Å². The third-order valence-corrected chi connectivity index (χ3v) is 2.94. The summed E-state index contributed by atoms with van der Waals surface area (Å²) in [5.74, 6) is 0.627. The highest BCUT2D eigenvalue weighted by atomic mass is 35.5. The van der Waals surface area contributed by atoms with Crippen LogP contribution in [-0.4, -0.2) is 11.5 Å². The molecule has 1 aromatic heterocycles. The van der Waals surface area contributed by atoms with Crippen LogP contribution in [0, 0.1) is 5.82 Å². The van der Waals surface area contributed by atoms with Crippen molar-refractivity contribution in [2.24, 2.45) is 0 Å². The Kier molecular flexibility index (Phi) is 4.45. The second kappa shape index (κ2) is 6.08. The van der Waals surface area contributed by atoms with Crippen molar-refractivity contribution in [3.63, 3.8) is 0 Å². The molecule has 0 aliphatic carbocycles. The summed E-state index contributed by atoms with van der Waals surface area (Å²) >= 11 is 12.1. The predicted molar refractivity (Wildman–Crippen MR) is 78.1 cm³/mol. The number of pyridine rings is 1. The molecule has 0 saturated heterocycles. The molecule has 3 nitrogen and oxygen atoms in total.